The number of hydrogen-bond donors (Lipinski definition) is 1. The van der Waals surface area contributed by atoms with Gasteiger partial charge in [0.15, 0.2) is 0 Å². The Balaban J connectivity index is 0.00000161. The number of amides is 1. The summed E-state index contributed by atoms with van der Waals surface area (Å²) in [6, 6.07) is 7.59. The number of halogens is 2. The summed E-state index contributed by atoms with van der Waals surface area (Å²) in [5.74, 6) is -0.0486. The average Bonchev–Trinajstić information content (AvgIpc) is 3.07. The van der Waals surface area contributed by atoms with E-state index in [0.29, 0.717) is 23.8 Å². The predicted molar refractivity (Wildman–Crippen MR) is 88.3 cm³/mol. The Kier molecular flexibility index (Phi) is 5.22. The first kappa shape index (κ1) is 16.2. The lowest BCUT2D eigenvalue weighted by atomic mass is 10.2. The van der Waals surface area contributed by atoms with Crippen LogP contribution in [0.4, 0.5) is 0 Å². The van der Waals surface area contributed by atoms with Crippen molar-refractivity contribution in [1.82, 2.24) is 9.88 Å². The maximum Gasteiger partial charge on any atom is 0.273 e. The monoisotopic (exact) mass is 343 g/mol. The Labute approximate surface area is 138 Å². The number of rotatable bonds is 2. The van der Waals surface area contributed by atoms with E-state index in [2.05, 4.69) is 4.98 Å². The molecule has 21 heavy (non-hydrogen) atoms. The van der Waals surface area contributed by atoms with Crippen LogP contribution in [0.15, 0.2) is 29.6 Å². The van der Waals surface area contributed by atoms with Crippen LogP contribution in [-0.4, -0.2) is 34.9 Å². The third-order valence-corrected chi connectivity index (χ3v) is 4.54. The van der Waals surface area contributed by atoms with Gasteiger partial charge in [-0.15, -0.1) is 23.7 Å². The summed E-state index contributed by atoms with van der Waals surface area (Å²) in [6.45, 7) is 1.32. The van der Waals surface area contributed by atoms with E-state index in [-0.39, 0.29) is 24.4 Å². The first-order valence-corrected chi connectivity index (χ1v) is 7.66. The SMILES string of the molecule is Cl.N[C@@H]1CCN(C(=O)c2csc(-c3ccccc3Cl)n2)C1. The van der Waals surface area contributed by atoms with Crippen LogP contribution in [0.3, 0.4) is 0 Å². The van der Waals surface area contributed by atoms with Crippen molar-refractivity contribution in [2.75, 3.05) is 13.1 Å². The number of likely N-dealkylation sites (tertiary alicyclic amines) is 1. The molecule has 3 rings (SSSR count). The molecule has 0 bridgehead atoms. The summed E-state index contributed by atoms with van der Waals surface area (Å²) in [4.78, 5) is 18.5. The minimum absolute atomic E-state index is 0. The lowest BCUT2D eigenvalue weighted by molar-refractivity contribution is 0.0786. The highest BCUT2D eigenvalue weighted by molar-refractivity contribution is 7.13. The maximum atomic E-state index is 12.3. The van der Waals surface area contributed by atoms with Crippen LogP contribution in [0, 0.1) is 0 Å². The van der Waals surface area contributed by atoms with Crippen molar-refractivity contribution in [2.24, 2.45) is 5.73 Å². The Bertz CT molecular complexity index is 647. The van der Waals surface area contributed by atoms with Crippen LogP contribution in [-0.2, 0) is 0 Å². The molecule has 1 saturated heterocycles. The van der Waals surface area contributed by atoms with Crippen molar-refractivity contribution in [3.63, 3.8) is 0 Å². The number of nitrogens with zero attached hydrogens (tertiary/aromatic N) is 2. The van der Waals surface area contributed by atoms with E-state index >= 15 is 0 Å². The molecule has 4 nitrogen and oxygen atoms in total. The molecule has 0 spiro atoms. The molecule has 2 N–H and O–H groups in total. The number of nitrogens with two attached hydrogens (primary N) is 1. The first-order valence-electron chi connectivity index (χ1n) is 6.40. The number of thiazole rings is 1. The van der Waals surface area contributed by atoms with E-state index in [1.165, 1.54) is 11.3 Å². The normalized spacial score (nSPS) is 17.6. The van der Waals surface area contributed by atoms with E-state index in [1.54, 1.807) is 10.3 Å². The summed E-state index contributed by atoms with van der Waals surface area (Å²) >= 11 is 7.58. The van der Waals surface area contributed by atoms with Gasteiger partial charge in [-0.05, 0) is 12.5 Å². The van der Waals surface area contributed by atoms with Gasteiger partial charge in [0.25, 0.3) is 5.91 Å². The highest BCUT2D eigenvalue weighted by Crippen LogP contribution is 2.30. The molecular formula is C14H15Cl2N3OS. The molecule has 1 atom stereocenters. The van der Waals surface area contributed by atoms with Crippen LogP contribution in [0.1, 0.15) is 16.9 Å². The molecule has 2 heterocycles. The highest BCUT2D eigenvalue weighted by Gasteiger charge is 2.26. The molecular weight excluding hydrogens is 329 g/mol. The molecule has 0 saturated carbocycles. The number of aromatic nitrogens is 1. The quantitative estimate of drug-likeness (QED) is 0.911. The van der Waals surface area contributed by atoms with Gasteiger partial charge in [-0.3, -0.25) is 4.79 Å². The molecule has 1 aromatic carbocycles. The van der Waals surface area contributed by atoms with Gasteiger partial charge in [0.2, 0.25) is 0 Å². The van der Waals surface area contributed by atoms with Gasteiger partial charge >= 0.3 is 0 Å². The number of carbonyl (C=O) groups excluding carboxylic acids is 1. The number of benzene rings is 1. The summed E-state index contributed by atoms with van der Waals surface area (Å²) in [5.41, 5.74) is 7.16. The topological polar surface area (TPSA) is 59.2 Å². The van der Waals surface area contributed by atoms with Crippen molar-refractivity contribution >= 4 is 41.3 Å². The zero-order chi connectivity index (χ0) is 14.1. The molecule has 1 amide bonds. The van der Waals surface area contributed by atoms with E-state index in [1.807, 2.05) is 24.3 Å². The van der Waals surface area contributed by atoms with Gasteiger partial charge in [-0.25, -0.2) is 4.98 Å². The fourth-order valence-electron chi connectivity index (χ4n) is 2.26. The Morgan fingerprint density at radius 2 is 2.19 bits per heavy atom. The minimum atomic E-state index is -0.0486. The van der Waals surface area contributed by atoms with Gasteiger partial charge in [-0.2, -0.15) is 0 Å². The van der Waals surface area contributed by atoms with E-state index in [4.69, 9.17) is 17.3 Å². The van der Waals surface area contributed by atoms with Crippen molar-refractivity contribution < 1.29 is 4.79 Å². The molecule has 0 radical (unpaired) electrons. The second-order valence-corrected chi connectivity index (χ2v) is 6.08. The Hall–Kier alpha value is -1.14. The Morgan fingerprint density at radius 3 is 2.86 bits per heavy atom. The van der Waals surface area contributed by atoms with Gasteiger partial charge in [0, 0.05) is 30.1 Å². The molecule has 1 aliphatic rings. The fraction of sp³-hybridized carbons (Fsp3) is 0.286. The minimum Gasteiger partial charge on any atom is -0.336 e. The smallest absolute Gasteiger partial charge is 0.273 e. The summed E-state index contributed by atoms with van der Waals surface area (Å²) in [6.07, 6.45) is 0.854. The molecule has 2 aromatic rings. The molecule has 7 heteroatoms. The van der Waals surface area contributed by atoms with Crippen LogP contribution in [0.2, 0.25) is 5.02 Å². The fourth-order valence-corrected chi connectivity index (χ4v) is 3.38. The molecule has 112 valence electrons. The molecule has 1 aromatic heterocycles. The van der Waals surface area contributed by atoms with Crippen molar-refractivity contribution in [3.05, 3.63) is 40.4 Å². The molecule has 0 aliphatic carbocycles. The highest BCUT2D eigenvalue weighted by atomic mass is 35.5. The van der Waals surface area contributed by atoms with Gasteiger partial charge in [-0.1, -0.05) is 29.8 Å². The largest absolute Gasteiger partial charge is 0.336 e. The molecule has 1 fully saturated rings. The van der Waals surface area contributed by atoms with E-state index in [0.717, 1.165) is 17.0 Å². The second kappa shape index (κ2) is 6.75. The average molecular weight is 344 g/mol. The number of hydrogen-bond acceptors (Lipinski definition) is 4. The van der Waals surface area contributed by atoms with E-state index in [9.17, 15) is 4.79 Å². The maximum absolute atomic E-state index is 12.3. The Morgan fingerprint density at radius 1 is 1.43 bits per heavy atom. The van der Waals surface area contributed by atoms with Gasteiger partial charge in [0.1, 0.15) is 10.7 Å². The van der Waals surface area contributed by atoms with Crippen LogP contribution >= 0.6 is 35.3 Å². The van der Waals surface area contributed by atoms with Crippen LogP contribution in [0.5, 0.6) is 0 Å². The van der Waals surface area contributed by atoms with Crippen molar-refractivity contribution in [2.45, 2.75) is 12.5 Å². The van der Waals surface area contributed by atoms with Crippen LogP contribution in [0.25, 0.3) is 10.6 Å². The van der Waals surface area contributed by atoms with Crippen LogP contribution < -0.4 is 5.73 Å². The third kappa shape index (κ3) is 3.37. The lowest BCUT2D eigenvalue weighted by Gasteiger charge is -2.13. The first-order chi connectivity index (χ1) is 9.65. The molecule has 1 aliphatic heterocycles. The second-order valence-electron chi connectivity index (χ2n) is 4.82. The van der Waals surface area contributed by atoms with E-state index < -0.39 is 0 Å². The van der Waals surface area contributed by atoms with Gasteiger partial charge in [0.05, 0.1) is 5.02 Å². The summed E-state index contributed by atoms with van der Waals surface area (Å²) < 4.78 is 0. The van der Waals surface area contributed by atoms with Crippen molar-refractivity contribution in [3.8, 4) is 10.6 Å². The zero-order valence-corrected chi connectivity index (χ0v) is 13.5. The predicted octanol–water partition coefficient (Wildman–Crippen LogP) is 3.06. The summed E-state index contributed by atoms with van der Waals surface area (Å²) in [7, 11) is 0. The zero-order valence-electron chi connectivity index (χ0n) is 11.2. The molecule has 0 unspecified atom stereocenters. The van der Waals surface area contributed by atoms with Gasteiger partial charge < -0.3 is 10.6 Å². The third-order valence-electron chi connectivity index (χ3n) is 3.34. The summed E-state index contributed by atoms with van der Waals surface area (Å²) in [5, 5.41) is 3.19. The van der Waals surface area contributed by atoms with Crippen molar-refractivity contribution in [1.29, 1.82) is 0 Å². The lowest BCUT2D eigenvalue weighted by Crippen LogP contribution is -2.32. The number of carbonyl (C=O) groups is 1. The standard InChI is InChI=1S/C14H14ClN3OS.ClH/c15-11-4-2-1-3-10(11)13-17-12(8-20-13)14(19)18-6-5-9(16)7-18;/h1-4,8-9H,5-7,16H2;1H/t9-;/m1./s1.